The van der Waals surface area contributed by atoms with Gasteiger partial charge in [-0.1, -0.05) is 12.1 Å². The van der Waals surface area contributed by atoms with Gasteiger partial charge in [0.1, 0.15) is 17.6 Å². The molecule has 4 rings (SSSR count). The minimum absolute atomic E-state index is 0.305. The van der Waals surface area contributed by atoms with Crippen LogP contribution in [0.15, 0.2) is 67.1 Å². The van der Waals surface area contributed by atoms with Crippen LogP contribution in [0.2, 0.25) is 0 Å². The first-order chi connectivity index (χ1) is 14.8. The number of hydrogen-bond acceptors (Lipinski definition) is 5. The van der Waals surface area contributed by atoms with Crippen LogP contribution in [0.1, 0.15) is 0 Å². The van der Waals surface area contributed by atoms with Crippen LogP contribution < -0.4 is 21.1 Å². The minimum atomic E-state index is -4.77. The lowest BCUT2D eigenvalue weighted by molar-refractivity contribution is -0.274. The van der Waals surface area contributed by atoms with Gasteiger partial charge < -0.3 is 21.1 Å². The average molecular weight is 428 g/mol. The first kappa shape index (κ1) is 20.0. The monoisotopic (exact) mass is 428 g/mol. The number of benzene rings is 2. The number of nitrogens with two attached hydrogens (primary N) is 1. The van der Waals surface area contributed by atoms with Crippen molar-refractivity contribution in [1.29, 1.82) is 0 Å². The Morgan fingerprint density at radius 2 is 1.58 bits per heavy atom. The molecule has 0 atom stereocenters. The van der Waals surface area contributed by atoms with Gasteiger partial charge in [0.05, 0.1) is 0 Å². The average Bonchev–Trinajstić information content (AvgIpc) is 3.14. The SMILES string of the molecule is Nc1ncnn2ccc(-c3ccc(NC(=O)Nc4ccc(OC(F)(F)F)cc4)cc3)c12. The maximum absolute atomic E-state index is 12.2. The molecule has 11 heteroatoms. The van der Waals surface area contributed by atoms with E-state index >= 15 is 0 Å². The van der Waals surface area contributed by atoms with Crippen LogP contribution in [0.4, 0.5) is 35.2 Å². The Kier molecular flexibility index (Phi) is 5.07. The van der Waals surface area contributed by atoms with Crippen LogP contribution in [0, 0.1) is 0 Å². The van der Waals surface area contributed by atoms with Gasteiger partial charge in [0.25, 0.3) is 0 Å². The lowest BCUT2D eigenvalue weighted by atomic mass is 10.1. The summed E-state index contributed by atoms with van der Waals surface area (Å²) in [5, 5.41) is 9.28. The number of ether oxygens (including phenoxy) is 1. The normalized spacial score (nSPS) is 11.3. The number of rotatable bonds is 4. The van der Waals surface area contributed by atoms with Gasteiger partial charge >= 0.3 is 12.4 Å². The van der Waals surface area contributed by atoms with E-state index in [0.717, 1.165) is 23.3 Å². The number of urea groups is 1. The van der Waals surface area contributed by atoms with Crippen LogP contribution in [-0.2, 0) is 0 Å². The molecule has 0 aliphatic rings. The summed E-state index contributed by atoms with van der Waals surface area (Å²) < 4.78 is 42.0. The van der Waals surface area contributed by atoms with Crippen molar-refractivity contribution in [3.05, 3.63) is 67.1 Å². The van der Waals surface area contributed by atoms with Crippen molar-refractivity contribution in [3.63, 3.8) is 0 Å². The van der Waals surface area contributed by atoms with E-state index in [1.54, 1.807) is 35.0 Å². The molecule has 0 saturated carbocycles. The quantitative estimate of drug-likeness (QED) is 0.443. The summed E-state index contributed by atoms with van der Waals surface area (Å²) in [5.74, 6) is -0.0264. The molecule has 31 heavy (non-hydrogen) atoms. The molecule has 0 unspecified atom stereocenters. The molecule has 0 radical (unpaired) electrons. The Hall–Kier alpha value is -4.28. The molecule has 0 saturated heterocycles. The van der Waals surface area contributed by atoms with Crippen molar-refractivity contribution in [2.75, 3.05) is 16.4 Å². The molecule has 4 N–H and O–H groups in total. The highest BCUT2D eigenvalue weighted by molar-refractivity contribution is 6.00. The van der Waals surface area contributed by atoms with Crippen LogP contribution in [0.5, 0.6) is 5.75 Å². The molecule has 0 aliphatic carbocycles. The van der Waals surface area contributed by atoms with Crippen molar-refractivity contribution < 1.29 is 22.7 Å². The summed E-state index contributed by atoms with van der Waals surface area (Å²) in [5.41, 5.74) is 9.15. The number of nitrogens with zero attached hydrogens (tertiary/aromatic N) is 3. The van der Waals surface area contributed by atoms with E-state index < -0.39 is 12.4 Å². The predicted molar refractivity (Wildman–Crippen MR) is 109 cm³/mol. The summed E-state index contributed by atoms with van der Waals surface area (Å²) in [4.78, 5) is 16.2. The fraction of sp³-hybridized carbons (Fsp3) is 0.0500. The Morgan fingerprint density at radius 1 is 0.968 bits per heavy atom. The van der Waals surface area contributed by atoms with Gasteiger partial charge in [0.15, 0.2) is 5.82 Å². The number of halogens is 3. The van der Waals surface area contributed by atoms with Gasteiger partial charge in [-0.05, 0) is 48.0 Å². The molecule has 0 aliphatic heterocycles. The Bertz CT molecular complexity index is 1220. The van der Waals surface area contributed by atoms with Gasteiger partial charge in [-0.25, -0.2) is 14.3 Å². The topological polar surface area (TPSA) is 107 Å². The van der Waals surface area contributed by atoms with Gasteiger partial charge in [-0.2, -0.15) is 5.10 Å². The number of amides is 2. The molecule has 0 bridgehead atoms. The van der Waals surface area contributed by atoms with E-state index in [9.17, 15) is 18.0 Å². The Morgan fingerprint density at radius 3 is 2.19 bits per heavy atom. The highest BCUT2D eigenvalue weighted by Crippen LogP contribution is 2.29. The van der Waals surface area contributed by atoms with E-state index in [2.05, 4.69) is 25.5 Å². The molecular weight excluding hydrogens is 413 g/mol. The van der Waals surface area contributed by atoms with Gasteiger partial charge in [-0.15, -0.1) is 13.2 Å². The van der Waals surface area contributed by atoms with Crippen LogP contribution in [0.25, 0.3) is 16.6 Å². The lowest BCUT2D eigenvalue weighted by Gasteiger charge is -2.11. The maximum Gasteiger partial charge on any atom is 0.573 e. The minimum Gasteiger partial charge on any atom is -0.406 e. The summed E-state index contributed by atoms with van der Waals surface area (Å²) in [6.07, 6.45) is -1.63. The highest BCUT2D eigenvalue weighted by Gasteiger charge is 2.30. The summed E-state index contributed by atoms with van der Waals surface area (Å²) in [6, 6.07) is 13.2. The van der Waals surface area contributed by atoms with E-state index in [0.29, 0.717) is 22.7 Å². The standard InChI is InChI=1S/C20H15F3N6O2/c21-20(22,23)31-15-7-5-14(6-8-15)28-19(30)27-13-3-1-12(2-4-13)16-9-10-29-17(16)18(24)25-11-26-29/h1-11H,(H2,24,25,26)(H2,27,28,30). The predicted octanol–water partition coefficient (Wildman–Crippen LogP) is 4.52. The third-order valence-corrected chi connectivity index (χ3v) is 4.28. The number of carbonyl (C=O) groups is 1. The molecular formula is C20H15F3N6O2. The second-order valence-corrected chi connectivity index (χ2v) is 6.40. The zero-order valence-electron chi connectivity index (χ0n) is 15.7. The van der Waals surface area contributed by atoms with Gasteiger partial charge in [0, 0.05) is 23.1 Å². The molecule has 158 valence electrons. The van der Waals surface area contributed by atoms with E-state index in [4.69, 9.17) is 5.73 Å². The number of hydrogen-bond donors (Lipinski definition) is 3. The zero-order valence-corrected chi connectivity index (χ0v) is 15.7. The largest absolute Gasteiger partial charge is 0.573 e. The number of fused-ring (bicyclic) bond motifs is 1. The second kappa shape index (κ2) is 7.86. The van der Waals surface area contributed by atoms with Crippen molar-refractivity contribution in [1.82, 2.24) is 14.6 Å². The number of aromatic nitrogens is 3. The summed E-state index contributed by atoms with van der Waals surface area (Å²) in [6.45, 7) is 0. The fourth-order valence-electron chi connectivity index (χ4n) is 2.98. The van der Waals surface area contributed by atoms with Gasteiger partial charge in [-0.3, -0.25) is 0 Å². The number of alkyl halides is 3. The molecule has 8 nitrogen and oxygen atoms in total. The van der Waals surface area contributed by atoms with Crippen LogP contribution in [-0.4, -0.2) is 27.0 Å². The van der Waals surface area contributed by atoms with Crippen molar-refractivity contribution >= 4 is 28.7 Å². The molecule has 2 aromatic heterocycles. The molecule has 4 aromatic rings. The van der Waals surface area contributed by atoms with Crippen LogP contribution >= 0.6 is 0 Å². The van der Waals surface area contributed by atoms with E-state index in [1.165, 1.54) is 18.5 Å². The van der Waals surface area contributed by atoms with Crippen molar-refractivity contribution in [3.8, 4) is 16.9 Å². The fourth-order valence-corrected chi connectivity index (χ4v) is 2.98. The smallest absolute Gasteiger partial charge is 0.406 e. The number of carbonyl (C=O) groups excluding carboxylic acids is 1. The molecule has 0 fully saturated rings. The van der Waals surface area contributed by atoms with Gasteiger partial charge in [0.2, 0.25) is 0 Å². The van der Waals surface area contributed by atoms with Crippen molar-refractivity contribution in [2.24, 2.45) is 0 Å². The third kappa shape index (κ3) is 4.66. The Balaban J connectivity index is 1.41. The highest BCUT2D eigenvalue weighted by atomic mass is 19.4. The molecule has 2 amide bonds. The van der Waals surface area contributed by atoms with Crippen LogP contribution in [0.3, 0.4) is 0 Å². The molecule has 2 heterocycles. The van der Waals surface area contributed by atoms with E-state index in [1.807, 2.05) is 6.07 Å². The zero-order chi connectivity index (χ0) is 22.0. The maximum atomic E-state index is 12.2. The molecule has 0 spiro atoms. The third-order valence-electron chi connectivity index (χ3n) is 4.28. The first-order valence-corrected chi connectivity index (χ1v) is 8.90. The molecule has 2 aromatic carbocycles. The lowest BCUT2D eigenvalue weighted by Crippen LogP contribution is -2.19. The summed E-state index contributed by atoms with van der Waals surface area (Å²) >= 11 is 0. The number of nitrogens with one attached hydrogen (secondary N) is 2. The Labute approximate surface area is 173 Å². The number of anilines is 3. The summed E-state index contributed by atoms with van der Waals surface area (Å²) in [7, 11) is 0. The second-order valence-electron chi connectivity index (χ2n) is 6.40. The van der Waals surface area contributed by atoms with Crippen molar-refractivity contribution in [2.45, 2.75) is 6.36 Å². The first-order valence-electron chi connectivity index (χ1n) is 8.90. The number of nitrogen functional groups attached to an aromatic ring is 1. The van der Waals surface area contributed by atoms with E-state index in [-0.39, 0.29) is 5.75 Å².